The predicted molar refractivity (Wildman–Crippen MR) is 66.6 cm³/mol. The van der Waals surface area contributed by atoms with Gasteiger partial charge in [0.05, 0.1) is 0 Å². The molecule has 1 aromatic rings. The van der Waals surface area contributed by atoms with Crippen molar-refractivity contribution in [1.82, 2.24) is 4.90 Å². The van der Waals surface area contributed by atoms with E-state index in [0.717, 1.165) is 0 Å². The van der Waals surface area contributed by atoms with Crippen LogP contribution in [0.1, 0.15) is 0 Å². The van der Waals surface area contributed by atoms with Crippen LogP contribution in [0, 0.1) is 0 Å². The van der Waals surface area contributed by atoms with Crippen LogP contribution in [0.25, 0.3) is 0 Å². The molecule has 0 aliphatic carbocycles. The van der Waals surface area contributed by atoms with Crippen LogP contribution in [-0.4, -0.2) is 63.2 Å². The fraction of sp³-hybridized carbons (Fsp3) is 0.500. The maximum absolute atomic E-state index is 10.9. The van der Waals surface area contributed by atoms with Gasteiger partial charge in [0, 0.05) is 0 Å². The van der Waals surface area contributed by atoms with Gasteiger partial charge in [-0.15, -0.1) is 0 Å². The minimum absolute atomic E-state index is 0.435. The predicted octanol–water partition coefficient (Wildman–Crippen LogP) is -0.680. The molecule has 3 nitrogen and oxygen atoms in total. The molecular formula is C8H17NO2S2Sn. The molecule has 1 aromatic heterocycles. The number of hydrogen-bond donors (Lipinski definition) is 0. The number of nitrogens with zero attached hydrogens (tertiary/aromatic N) is 1. The SMILES string of the molecule is CN(C)C.CS(=O)(=O)c1c[c]([SnH3])cs1. The Morgan fingerprint density at radius 3 is 1.93 bits per heavy atom. The van der Waals surface area contributed by atoms with Gasteiger partial charge in [0.25, 0.3) is 0 Å². The van der Waals surface area contributed by atoms with Crippen molar-refractivity contribution in [2.45, 2.75) is 4.21 Å². The van der Waals surface area contributed by atoms with Crippen LogP contribution in [0.15, 0.2) is 15.7 Å². The Labute approximate surface area is 103 Å². The number of thiophene rings is 1. The number of hydrogen-bond acceptors (Lipinski definition) is 4. The van der Waals surface area contributed by atoms with Crippen molar-refractivity contribution in [2.75, 3.05) is 27.4 Å². The molecule has 0 aliphatic heterocycles. The van der Waals surface area contributed by atoms with E-state index < -0.39 is 9.84 Å². The first kappa shape index (κ1) is 14.4. The number of rotatable bonds is 1. The second-order valence-electron chi connectivity index (χ2n) is 3.56. The first-order valence-corrected chi connectivity index (χ1v) is 9.72. The Hall–Kier alpha value is 0.409. The fourth-order valence-electron chi connectivity index (χ4n) is 0.599. The average Bonchev–Trinajstić information content (AvgIpc) is 2.32. The molecule has 1 rings (SSSR count). The Morgan fingerprint density at radius 2 is 1.79 bits per heavy atom. The maximum atomic E-state index is 10.9. The Kier molecular flexibility index (Phi) is 6.27. The molecule has 0 spiro atoms. The molecule has 82 valence electrons. The van der Waals surface area contributed by atoms with Crippen LogP contribution in [0.3, 0.4) is 0 Å². The minimum atomic E-state index is -2.93. The second kappa shape index (κ2) is 6.09. The van der Waals surface area contributed by atoms with Crippen molar-refractivity contribution < 1.29 is 8.42 Å². The zero-order chi connectivity index (χ0) is 11.4. The average molecular weight is 342 g/mol. The summed E-state index contributed by atoms with van der Waals surface area (Å²) in [6, 6.07) is 1.77. The Morgan fingerprint density at radius 1 is 1.36 bits per heavy atom. The van der Waals surface area contributed by atoms with E-state index in [1.165, 1.54) is 21.2 Å². The summed E-state index contributed by atoms with van der Waals surface area (Å²) in [6.07, 6.45) is 1.24. The van der Waals surface area contributed by atoms with E-state index in [4.69, 9.17) is 0 Å². The molecule has 0 saturated carbocycles. The summed E-state index contributed by atoms with van der Waals surface area (Å²) in [5.41, 5.74) is 0. The van der Waals surface area contributed by atoms with Crippen LogP contribution >= 0.6 is 11.3 Å². The van der Waals surface area contributed by atoms with Crippen LogP contribution in [-0.2, 0) is 9.84 Å². The van der Waals surface area contributed by atoms with E-state index >= 15 is 0 Å². The third-order valence-corrected chi connectivity index (χ3v) is 6.80. The summed E-state index contributed by atoms with van der Waals surface area (Å²) in [6.45, 7) is 0. The summed E-state index contributed by atoms with van der Waals surface area (Å²) in [7, 11) is 3.07. The third-order valence-electron chi connectivity index (χ3n) is 1.07. The van der Waals surface area contributed by atoms with Crippen LogP contribution in [0.4, 0.5) is 0 Å². The van der Waals surface area contributed by atoms with Gasteiger partial charge in [-0.25, -0.2) is 0 Å². The first-order chi connectivity index (χ1) is 6.23. The van der Waals surface area contributed by atoms with Gasteiger partial charge in [0.1, 0.15) is 0 Å². The van der Waals surface area contributed by atoms with E-state index in [1.54, 1.807) is 6.07 Å². The van der Waals surface area contributed by atoms with Gasteiger partial charge in [-0.3, -0.25) is 0 Å². The molecule has 14 heavy (non-hydrogen) atoms. The first-order valence-electron chi connectivity index (χ1n) is 4.09. The molecule has 0 aromatic carbocycles. The third kappa shape index (κ3) is 6.80. The molecule has 6 heteroatoms. The van der Waals surface area contributed by atoms with Crippen molar-refractivity contribution in [3.05, 3.63) is 11.4 Å². The van der Waals surface area contributed by atoms with Crippen molar-refractivity contribution in [1.29, 1.82) is 0 Å². The fourth-order valence-corrected chi connectivity index (χ4v) is 5.49. The molecule has 0 aliphatic rings. The van der Waals surface area contributed by atoms with E-state index in [1.807, 2.05) is 31.4 Å². The topological polar surface area (TPSA) is 37.4 Å². The summed E-state index contributed by atoms with van der Waals surface area (Å²) in [5.74, 6) is 0. The van der Waals surface area contributed by atoms with Gasteiger partial charge >= 0.3 is 77.6 Å². The summed E-state index contributed by atoms with van der Waals surface area (Å²) in [4.78, 5) is 2.00. The molecule has 0 radical (unpaired) electrons. The van der Waals surface area contributed by atoms with Crippen LogP contribution in [0.5, 0.6) is 0 Å². The van der Waals surface area contributed by atoms with Gasteiger partial charge in [0.15, 0.2) is 0 Å². The van der Waals surface area contributed by atoms with E-state index in [-0.39, 0.29) is 0 Å². The molecule has 1 heterocycles. The summed E-state index contributed by atoms with van der Waals surface area (Å²) >= 11 is 1.76. The van der Waals surface area contributed by atoms with E-state index in [0.29, 0.717) is 26.7 Å². The molecule has 0 saturated heterocycles. The van der Waals surface area contributed by atoms with Crippen molar-refractivity contribution >= 4 is 47.3 Å². The van der Waals surface area contributed by atoms with Gasteiger partial charge in [-0.05, 0) is 21.1 Å². The molecule has 0 fully saturated rings. The van der Waals surface area contributed by atoms with Crippen LogP contribution < -0.4 is 3.58 Å². The van der Waals surface area contributed by atoms with Crippen molar-refractivity contribution in [2.24, 2.45) is 0 Å². The van der Waals surface area contributed by atoms with Gasteiger partial charge < -0.3 is 4.90 Å². The number of sulfone groups is 1. The Balaban J connectivity index is 0.000000364. The zero-order valence-corrected chi connectivity index (χ0v) is 16.6. The van der Waals surface area contributed by atoms with Gasteiger partial charge in [0.2, 0.25) is 0 Å². The normalized spacial score (nSPS) is 11.2. The van der Waals surface area contributed by atoms with Crippen LogP contribution in [0.2, 0.25) is 0 Å². The molecular weight excluding hydrogens is 325 g/mol. The zero-order valence-electron chi connectivity index (χ0n) is 9.23. The van der Waals surface area contributed by atoms with E-state index in [9.17, 15) is 8.42 Å². The monoisotopic (exact) mass is 343 g/mol. The molecule has 0 N–H and O–H groups in total. The van der Waals surface area contributed by atoms with E-state index in [2.05, 4.69) is 0 Å². The molecule has 0 atom stereocenters. The quantitative estimate of drug-likeness (QED) is 0.635. The summed E-state index contributed by atoms with van der Waals surface area (Å²) in [5, 5.41) is 1.92. The second-order valence-corrected chi connectivity index (χ2v) is 10.0. The molecule has 0 bridgehead atoms. The molecule has 0 amide bonds. The van der Waals surface area contributed by atoms with Crippen molar-refractivity contribution in [3.63, 3.8) is 0 Å². The summed E-state index contributed by atoms with van der Waals surface area (Å²) < 4.78 is 23.5. The van der Waals surface area contributed by atoms with Crippen molar-refractivity contribution in [3.8, 4) is 0 Å². The Bertz CT molecular complexity index is 368. The van der Waals surface area contributed by atoms with Gasteiger partial charge in [-0.1, -0.05) is 0 Å². The van der Waals surface area contributed by atoms with Gasteiger partial charge in [-0.2, -0.15) is 0 Å². The molecule has 0 unspecified atom stereocenters. The standard InChI is InChI=1S/C5H5O2S2.C3H9N.Sn.3H/c1-9(6,7)5-3-2-4-8-5;1-4(2)3;;;;/h3-4H,1H3;1-3H3;;;;.